The largest absolute Gasteiger partial charge is 0.412 e. The average molecular weight is 303 g/mol. The van der Waals surface area contributed by atoms with Crippen LogP contribution in [0.4, 0.5) is 0 Å². The molecule has 0 heterocycles. The zero-order valence-corrected chi connectivity index (χ0v) is 10.7. The van der Waals surface area contributed by atoms with Crippen LogP contribution in [0, 0.1) is 35.6 Å². The first-order chi connectivity index (χ1) is 0. The summed E-state index contributed by atoms with van der Waals surface area (Å²) in [6.07, 6.45) is 0. The molecule has 0 bridgehead atoms. The van der Waals surface area contributed by atoms with Crippen LogP contribution in [0.2, 0.25) is 0 Å². The Morgan fingerprint density at radius 3 is 1.00 bits per heavy atom. The standard InChI is InChI=1S/La.Li.H2O.Ti.Zr/h;;1H2;;. The van der Waals surface area contributed by atoms with Gasteiger partial charge < -0.3 is 5.48 Å². The minimum Gasteiger partial charge on any atom is -0.412 e. The smallest absolute Gasteiger partial charge is 0 e. The van der Waals surface area contributed by atoms with Crippen molar-refractivity contribution in [1.29, 1.82) is 0 Å². The maximum Gasteiger partial charge on any atom is 0 e. The maximum atomic E-state index is 0. The molecule has 0 atom stereocenters. The predicted molar refractivity (Wildman–Crippen MR) is 9.37 cm³/mol. The Labute approximate surface area is 106 Å². The van der Waals surface area contributed by atoms with E-state index < -0.39 is 0 Å². The number of rotatable bonds is 0. The summed E-state index contributed by atoms with van der Waals surface area (Å²) in [5.41, 5.74) is 0. The van der Waals surface area contributed by atoms with Gasteiger partial charge in [-0.2, -0.15) is 0 Å². The van der Waals surface area contributed by atoms with Crippen LogP contribution >= 0.6 is 0 Å². The Kier molecular flexibility index (Phi) is 212. The molecule has 0 amide bonds. The second kappa shape index (κ2) is 26.4. The topological polar surface area (TPSA) is 31.5 Å². The molecule has 0 rings (SSSR count). The fourth-order valence-electron chi connectivity index (χ4n) is 0. The van der Waals surface area contributed by atoms with Gasteiger partial charge in [-0.3, -0.25) is 0 Å². The molecule has 0 aliphatic carbocycles. The van der Waals surface area contributed by atoms with Gasteiger partial charge in [0.25, 0.3) is 0 Å². The van der Waals surface area contributed by atoms with Crippen molar-refractivity contribution in [1.82, 2.24) is 0 Å². The Morgan fingerprint density at radius 1 is 1.00 bits per heavy atom. The second-order valence-electron chi connectivity index (χ2n) is 0. The van der Waals surface area contributed by atoms with E-state index in [1.54, 1.807) is 0 Å². The third-order valence-electron chi connectivity index (χ3n) is 0. The molecule has 0 aromatic heterocycles. The van der Waals surface area contributed by atoms with Crippen LogP contribution in [0.1, 0.15) is 0 Å². The van der Waals surface area contributed by atoms with Gasteiger partial charge >= 0.3 is 0 Å². The van der Waals surface area contributed by atoms with Crippen molar-refractivity contribution in [2.45, 2.75) is 0 Å². The molecule has 0 saturated heterocycles. The van der Waals surface area contributed by atoms with E-state index in [9.17, 15) is 0 Å². The number of hydrogen-bond acceptors (Lipinski definition) is 0. The molecule has 2 N–H and O–H groups in total. The second-order valence-corrected chi connectivity index (χ2v) is 0. The third kappa shape index (κ3) is 18.7. The van der Waals surface area contributed by atoms with E-state index in [0.29, 0.717) is 0 Å². The minimum atomic E-state index is 0. The van der Waals surface area contributed by atoms with E-state index in [-0.39, 0.29) is 108 Å². The Hall–Kier alpha value is 3.35. The molecule has 2 radical (unpaired) electrons. The molecule has 1 nitrogen and oxygen atoms in total. The van der Waals surface area contributed by atoms with Gasteiger partial charge in [-0.25, -0.2) is 0 Å². The van der Waals surface area contributed by atoms with Gasteiger partial charge in [0.15, 0.2) is 0 Å². The van der Waals surface area contributed by atoms with Gasteiger partial charge in [-0.05, 0) is 0 Å². The summed E-state index contributed by atoms with van der Waals surface area (Å²) in [6, 6.07) is 0. The fraction of sp³-hybridized carbons (Fsp3) is 0. The van der Waals surface area contributed by atoms with E-state index in [0.717, 1.165) is 0 Å². The molecule has 0 aromatic carbocycles. The molecule has 0 aromatic rings. The Morgan fingerprint density at radius 2 is 1.00 bits per heavy atom. The minimum absolute atomic E-state index is 0. The van der Waals surface area contributed by atoms with Gasteiger partial charge in [-0.1, -0.05) is 0 Å². The molecule has 0 unspecified atom stereocenters. The molecule has 20 valence electrons. The Balaban J connectivity index is 0. The van der Waals surface area contributed by atoms with Crippen molar-refractivity contribution >= 4 is 18.9 Å². The van der Waals surface area contributed by atoms with Crippen LogP contribution < -0.4 is 0 Å². The van der Waals surface area contributed by atoms with Crippen molar-refractivity contribution in [3.8, 4) is 0 Å². The zero-order chi connectivity index (χ0) is 0. The number of hydrogen-bond donors (Lipinski definition) is 0. The van der Waals surface area contributed by atoms with Crippen LogP contribution in [-0.4, -0.2) is 24.3 Å². The quantitative estimate of drug-likeness (QED) is 0.503. The normalized spacial score (nSPS) is 0. The van der Waals surface area contributed by atoms with E-state index in [1.807, 2.05) is 0 Å². The van der Waals surface area contributed by atoms with Crippen molar-refractivity contribution in [2.75, 3.05) is 0 Å². The summed E-state index contributed by atoms with van der Waals surface area (Å²) < 4.78 is 0. The fourth-order valence-corrected chi connectivity index (χ4v) is 0. The predicted octanol–water partition coefficient (Wildman–Crippen LogP) is -1.21. The summed E-state index contributed by atoms with van der Waals surface area (Å²) >= 11 is 0. The van der Waals surface area contributed by atoms with E-state index in [4.69, 9.17) is 0 Å². The van der Waals surface area contributed by atoms with Gasteiger partial charge in [0.1, 0.15) is 0 Å². The summed E-state index contributed by atoms with van der Waals surface area (Å²) in [6.45, 7) is 0. The first-order valence-corrected chi connectivity index (χ1v) is 0. The first-order valence-electron chi connectivity index (χ1n) is 0. The Bertz CT molecular complexity index is 11.6. The average Bonchev–Trinajstić information content (AvgIpc) is 0. The first kappa shape index (κ1) is 40.2. The molecular formula is H2LaLiOTiZr. The third-order valence-corrected chi connectivity index (χ3v) is 0. The van der Waals surface area contributed by atoms with E-state index in [1.165, 1.54) is 0 Å². The molecule has 0 saturated carbocycles. The maximum absolute atomic E-state index is 0. The molecule has 0 aliphatic heterocycles. The van der Waals surface area contributed by atoms with Crippen molar-refractivity contribution in [3.63, 3.8) is 0 Å². The van der Waals surface area contributed by atoms with Crippen LogP contribution in [0.25, 0.3) is 0 Å². The zero-order valence-electron chi connectivity index (χ0n) is 3.08. The van der Waals surface area contributed by atoms with Gasteiger partial charge in [0.05, 0.1) is 0 Å². The van der Waals surface area contributed by atoms with Crippen LogP contribution in [0.5, 0.6) is 0 Å². The monoisotopic (exact) mass is 302 g/mol. The van der Waals surface area contributed by atoms with Gasteiger partial charge in [0.2, 0.25) is 0 Å². The summed E-state index contributed by atoms with van der Waals surface area (Å²) in [5, 5.41) is 0. The summed E-state index contributed by atoms with van der Waals surface area (Å²) in [4.78, 5) is 0. The van der Waals surface area contributed by atoms with Gasteiger partial charge in [-0.15, -0.1) is 0 Å². The van der Waals surface area contributed by atoms with Crippen LogP contribution in [-0.2, 0) is 47.9 Å². The molecular weight excluding hydrogens is 301 g/mol. The van der Waals surface area contributed by atoms with Crippen molar-refractivity contribution in [2.24, 2.45) is 0 Å². The van der Waals surface area contributed by atoms with Crippen LogP contribution in [0.3, 0.4) is 0 Å². The van der Waals surface area contributed by atoms with E-state index >= 15 is 0 Å². The molecule has 5 heavy (non-hydrogen) atoms. The van der Waals surface area contributed by atoms with Crippen molar-refractivity contribution < 1.29 is 89.0 Å². The summed E-state index contributed by atoms with van der Waals surface area (Å²) in [5.74, 6) is 0. The van der Waals surface area contributed by atoms with Gasteiger partial charge in [0, 0.05) is 102 Å². The molecule has 5 heteroatoms. The molecule has 0 aliphatic rings. The molecule has 0 fully saturated rings. The molecule has 0 spiro atoms. The van der Waals surface area contributed by atoms with Crippen LogP contribution in [0.15, 0.2) is 0 Å². The summed E-state index contributed by atoms with van der Waals surface area (Å²) in [7, 11) is 0. The SMILES string of the molecule is O.[La].[Li].[Ti].[Zr]. The van der Waals surface area contributed by atoms with E-state index in [2.05, 4.69) is 0 Å². The van der Waals surface area contributed by atoms with Crippen molar-refractivity contribution in [3.05, 3.63) is 0 Å².